The number of aromatic carboxylic acids is 1. The first kappa shape index (κ1) is 10.8. The third kappa shape index (κ3) is 2.36. The van der Waals surface area contributed by atoms with Crippen LogP contribution in [0.3, 0.4) is 0 Å². The van der Waals surface area contributed by atoms with Gasteiger partial charge in [0.15, 0.2) is 0 Å². The monoisotopic (exact) mass is 210 g/mol. The molecular formula is C11H11ClO2. The van der Waals surface area contributed by atoms with Crippen LogP contribution in [0, 0.1) is 6.92 Å². The molecule has 1 aromatic rings. The van der Waals surface area contributed by atoms with E-state index in [0.29, 0.717) is 11.4 Å². The normalized spacial score (nSPS) is 10.7. The Morgan fingerprint density at radius 3 is 2.86 bits per heavy atom. The molecule has 0 aliphatic heterocycles. The van der Waals surface area contributed by atoms with Gasteiger partial charge in [0, 0.05) is 5.88 Å². The lowest BCUT2D eigenvalue weighted by atomic mass is 10.0. The highest BCUT2D eigenvalue weighted by atomic mass is 35.5. The number of carbonyl (C=O) groups is 1. The molecule has 74 valence electrons. The van der Waals surface area contributed by atoms with Crippen LogP contribution in [0.5, 0.6) is 0 Å². The summed E-state index contributed by atoms with van der Waals surface area (Å²) >= 11 is 5.50. The van der Waals surface area contributed by atoms with E-state index in [1.165, 1.54) is 0 Å². The van der Waals surface area contributed by atoms with E-state index >= 15 is 0 Å². The average Bonchev–Trinajstić information content (AvgIpc) is 2.16. The second-order valence-corrected chi connectivity index (χ2v) is 3.19. The molecule has 0 fully saturated rings. The topological polar surface area (TPSA) is 37.3 Å². The third-order valence-electron chi connectivity index (χ3n) is 1.99. The van der Waals surface area contributed by atoms with Crippen LogP contribution in [0.2, 0.25) is 0 Å². The lowest BCUT2D eigenvalue weighted by Gasteiger charge is -2.03. The molecule has 3 heteroatoms. The van der Waals surface area contributed by atoms with Gasteiger partial charge in [-0.25, -0.2) is 4.79 Å². The molecule has 14 heavy (non-hydrogen) atoms. The number of rotatable bonds is 3. The molecule has 0 saturated carbocycles. The van der Waals surface area contributed by atoms with Crippen molar-refractivity contribution in [3.8, 4) is 0 Å². The van der Waals surface area contributed by atoms with Crippen molar-refractivity contribution in [2.45, 2.75) is 6.92 Å². The quantitative estimate of drug-likeness (QED) is 0.779. The number of hydrogen-bond acceptors (Lipinski definition) is 1. The minimum Gasteiger partial charge on any atom is -0.478 e. The molecule has 2 nitrogen and oxygen atoms in total. The predicted octanol–water partition coefficient (Wildman–Crippen LogP) is 2.95. The number of allylic oxidation sites excluding steroid dienone is 1. The molecule has 0 aromatic heterocycles. The van der Waals surface area contributed by atoms with Crippen molar-refractivity contribution in [1.29, 1.82) is 0 Å². The molecule has 1 N–H and O–H groups in total. The van der Waals surface area contributed by atoms with Crippen molar-refractivity contribution < 1.29 is 9.90 Å². The lowest BCUT2D eigenvalue weighted by molar-refractivity contribution is 0.0696. The van der Waals surface area contributed by atoms with Crippen molar-refractivity contribution >= 4 is 23.6 Å². The number of hydrogen-bond donors (Lipinski definition) is 1. The first-order chi connectivity index (χ1) is 6.66. The van der Waals surface area contributed by atoms with Crippen LogP contribution in [0.15, 0.2) is 24.3 Å². The van der Waals surface area contributed by atoms with Crippen LogP contribution in [0.1, 0.15) is 21.5 Å². The van der Waals surface area contributed by atoms with Crippen LogP contribution < -0.4 is 0 Å². The Morgan fingerprint density at radius 2 is 2.29 bits per heavy atom. The minimum atomic E-state index is -0.899. The number of benzene rings is 1. The van der Waals surface area contributed by atoms with Crippen molar-refractivity contribution in [2.24, 2.45) is 0 Å². The zero-order valence-corrected chi connectivity index (χ0v) is 8.58. The maximum atomic E-state index is 10.8. The van der Waals surface area contributed by atoms with Gasteiger partial charge in [0.1, 0.15) is 0 Å². The summed E-state index contributed by atoms with van der Waals surface area (Å²) in [4.78, 5) is 10.8. The van der Waals surface area contributed by atoms with Crippen LogP contribution in [0.4, 0.5) is 0 Å². The van der Waals surface area contributed by atoms with Gasteiger partial charge in [-0.05, 0) is 24.1 Å². The Morgan fingerprint density at radius 1 is 1.57 bits per heavy atom. The molecular weight excluding hydrogens is 200 g/mol. The predicted molar refractivity (Wildman–Crippen MR) is 57.9 cm³/mol. The maximum Gasteiger partial charge on any atom is 0.335 e. The van der Waals surface area contributed by atoms with E-state index in [0.717, 1.165) is 11.1 Å². The largest absolute Gasteiger partial charge is 0.478 e. The smallest absolute Gasteiger partial charge is 0.335 e. The Labute approximate surface area is 87.8 Å². The van der Waals surface area contributed by atoms with Crippen molar-refractivity contribution in [3.05, 3.63) is 41.0 Å². The van der Waals surface area contributed by atoms with Crippen molar-refractivity contribution in [3.63, 3.8) is 0 Å². The van der Waals surface area contributed by atoms with Gasteiger partial charge in [-0.3, -0.25) is 0 Å². The van der Waals surface area contributed by atoms with Gasteiger partial charge < -0.3 is 5.11 Å². The highest BCUT2D eigenvalue weighted by Gasteiger charge is 2.07. The number of carboxylic acids is 1. The summed E-state index contributed by atoms with van der Waals surface area (Å²) in [6, 6.07) is 5.19. The molecule has 1 rings (SSSR count). The van der Waals surface area contributed by atoms with Gasteiger partial charge in [-0.1, -0.05) is 24.3 Å². The molecule has 0 heterocycles. The molecule has 1 aromatic carbocycles. The summed E-state index contributed by atoms with van der Waals surface area (Å²) in [6.45, 7) is 1.79. The van der Waals surface area contributed by atoms with Crippen LogP contribution in [-0.4, -0.2) is 17.0 Å². The summed E-state index contributed by atoms with van der Waals surface area (Å²) in [5, 5.41) is 8.87. The van der Waals surface area contributed by atoms with Crippen molar-refractivity contribution in [1.82, 2.24) is 0 Å². The van der Waals surface area contributed by atoms with Crippen LogP contribution in [0.25, 0.3) is 6.08 Å². The molecule has 0 amide bonds. The molecule has 0 radical (unpaired) electrons. The van der Waals surface area contributed by atoms with Gasteiger partial charge >= 0.3 is 5.97 Å². The molecule has 0 unspecified atom stereocenters. The Balaban J connectivity index is 3.14. The highest BCUT2D eigenvalue weighted by Crippen LogP contribution is 2.15. The Hall–Kier alpha value is -1.28. The fourth-order valence-electron chi connectivity index (χ4n) is 1.24. The zero-order valence-electron chi connectivity index (χ0n) is 7.83. The Kier molecular flexibility index (Phi) is 3.72. The minimum absolute atomic E-state index is 0.335. The number of alkyl halides is 1. The van der Waals surface area contributed by atoms with E-state index in [-0.39, 0.29) is 0 Å². The summed E-state index contributed by atoms with van der Waals surface area (Å²) < 4.78 is 0. The number of halogens is 1. The lowest BCUT2D eigenvalue weighted by Crippen LogP contribution is -2.00. The molecule has 0 aliphatic carbocycles. The van der Waals surface area contributed by atoms with Gasteiger partial charge in [-0.15, -0.1) is 11.6 Å². The van der Waals surface area contributed by atoms with E-state index < -0.39 is 5.97 Å². The fraction of sp³-hybridized carbons (Fsp3) is 0.182. The van der Waals surface area contributed by atoms with Gasteiger partial charge in [0.25, 0.3) is 0 Å². The van der Waals surface area contributed by atoms with Crippen molar-refractivity contribution in [2.75, 3.05) is 5.88 Å². The molecule has 0 aliphatic rings. The van der Waals surface area contributed by atoms with Crippen LogP contribution in [-0.2, 0) is 0 Å². The second-order valence-electron chi connectivity index (χ2n) is 2.88. The SMILES string of the molecule is Cc1c(C=CCCl)cccc1C(=O)O. The maximum absolute atomic E-state index is 10.8. The molecule has 0 spiro atoms. The first-order valence-corrected chi connectivity index (χ1v) is 4.75. The standard InChI is InChI=1S/C11H11ClO2/c1-8-9(5-3-7-12)4-2-6-10(8)11(13)14/h2-6H,7H2,1H3,(H,13,14). The Bertz CT molecular complexity index is 370. The summed E-state index contributed by atoms with van der Waals surface area (Å²) in [5.74, 6) is -0.472. The van der Waals surface area contributed by atoms with Crippen LogP contribution >= 0.6 is 11.6 Å². The van der Waals surface area contributed by atoms with E-state index in [1.54, 1.807) is 25.1 Å². The van der Waals surface area contributed by atoms with E-state index in [1.807, 2.05) is 12.1 Å². The van der Waals surface area contributed by atoms with Gasteiger partial charge in [0.05, 0.1) is 5.56 Å². The van der Waals surface area contributed by atoms with E-state index in [9.17, 15) is 4.79 Å². The summed E-state index contributed by atoms with van der Waals surface area (Å²) in [6.07, 6.45) is 3.62. The molecule has 0 atom stereocenters. The van der Waals surface area contributed by atoms with Gasteiger partial charge in [-0.2, -0.15) is 0 Å². The molecule has 0 saturated heterocycles. The highest BCUT2D eigenvalue weighted by molar-refractivity contribution is 6.19. The summed E-state index contributed by atoms with van der Waals surface area (Å²) in [7, 11) is 0. The second kappa shape index (κ2) is 4.82. The fourth-order valence-corrected chi connectivity index (χ4v) is 1.33. The number of carboxylic acid groups (broad SMARTS) is 1. The van der Waals surface area contributed by atoms with E-state index in [2.05, 4.69) is 0 Å². The van der Waals surface area contributed by atoms with E-state index in [4.69, 9.17) is 16.7 Å². The third-order valence-corrected chi connectivity index (χ3v) is 2.17. The van der Waals surface area contributed by atoms with Gasteiger partial charge in [0.2, 0.25) is 0 Å². The zero-order chi connectivity index (χ0) is 10.6. The molecule has 0 bridgehead atoms. The average molecular weight is 211 g/mol. The summed E-state index contributed by atoms with van der Waals surface area (Å²) in [5.41, 5.74) is 1.99. The first-order valence-electron chi connectivity index (χ1n) is 4.22.